The maximum absolute atomic E-state index is 15.8. The van der Waals surface area contributed by atoms with E-state index in [-0.39, 0.29) is 23.0 Å². The van der Waals surface area contributed by atoms with Crippen molar-refractivity contribution in [1.29, 1.82) is 0 Å². The topological polar surface area (TPSA) is 118 Å². The van der Waals surface area contributed by atoms with E-state index in [0.29, 0.717) is 47.3 Å². The van der Waals surface area contributed by atoms with E-state index in [1.807, 2.05) is 39.9 Å². The number of hydrogen-bond donors (Lipinski definition) is 2. The number of ketones is 1. The number of benzene rings is 2. The Bertz CT molecular complexity index is 1810. The first-order valence-electron chi connectivity index (χ1n) is 14.7. The average Bonchev–Trinajstić information content (AvgIpc) is 3.59. The fourth-order valence-corrected chi connectivity index (χ4v) is 10.9. The molecule has 0 unspecified atom stereocenters. The fraction of sp³-hybridized carbons (Fsp3) is 0.273. The van der Waals surface area contributed by atoms with E-state index in [1.54, 1.807) is 65.2 Å². The number of ether oxygens (including phenoxy) is 2. The van der Waals surface area contributed by atoms with E-state index < -0.39 is 28.1 Å². The predicted octanol–water partition coefficient (Wildman–Crippen LogP) is 4.81. The van der Waals surface area contributed by atoms with E-state index in [1.165, 1.54) is 13.2 Å². The molecule has 11 nitrogen and oxygen atoms in total. The number of allylic oxidation sites excluding steroid dienone is 4. The summed E-state index contributed by atoms with van der Waals surface area (Å²) in [5.74, 6) is -0.103. The number of carbonyl (C=O) groups excluding carboxylic acids is 3. The van der Waals surface area contributed by atoms with Gasteiger partial charge >= 0.3 is 192 Å². The zero-order chi connectivity index (χ0) is 33.3. The third-order valence-electron chi connectivity index (χ3n) is 7.96. The van der Waals surface area contributed by atoms with Crippen LogP contribution in [0.4, 0.5) is 18.8 Å². The Labute approximate surface area is 275 Å². The molecule has 0 fully saturated rings. The Kier molecular flexibility index (Phi) is 9.73. The number of rotatable bonds is 9. The maximum atomic E-state index is 15.8. The fourth-order valence-electron chi connectivity index (χ4n) is 5.38. The van der Waals surface area contributed by atoms with Gasteiger partial charge in [0.1, 0.15) is 0 Å². The van der Waals surface area contributed by atoms with Gasteiger partial charge in [0, 0.05) is 25.7 Å². The minimum absolute atomic E-state index is 0.0531. The first kappa shape index (κ1) is 33.0. The molecule has 2 aromatic carbocycles. The van der Waals surface area contributed by atoms with Crippen LogP contribution in [0.5, 0.6) is 5.75 Å². The quantitative estimate of drug-likeness (QED) is 0.304. The van der Waals surface area contributed by atoms with Crippen molar-refractivity contribution in [3.05, 3.63) is 97.5 Å². The number of methoxy groups -OCH3 is 1. The summed E-state index contributed by atoms with van der Waals surface area (Å²) in [5.41, 5.74) is 4.49. The van der Waals surface area contributed by atoms with Crippen molar-refractivity contribution in [2.75, 3.05) is 52.0 Å². The number of anilines is 2. The number of Topliss-reactive ketones (excluding diaryl/α,β-unsaturated/α-hetero) is 1. The number of nitrogens with one attached hydrogen (secondary N) is 2. The van der Waals surface area contributed by atoms with Gasteiger partial charge in [0.15, 0.2) is 0 Å². The van der Waals surface area contributed by atoms with Crippen LogP contribution in [0.3, 0.4) is 0 Å². The number of amides is 3. The van der Waals surface area contributed by atoms with Crippen LogP contribution in [0.2, 0.25) is 0 Å². The Morgan fingerprint density at radius 1 is 1.07 bits per heavy atom. The molecule has 0 aliphatic carbocycles. The average molecular weight is 731 g/mol. The molecule has 5 rings (SSSR count). The number of urea groups is 1. The second-order valence-corrected chi connectivity index (χ2v) is 16.8. The number of aryl methyl sites for hydroxylation is 2. The summed E-state index contributed by atoms with van der Waals surface area (Å²) in [7, 11) is 8.91. The normalized spacial score (nSPS) is 14.9. The first-order valence-corrected chi connectivity index (χ1v) is 19.2. The second-order valence-electron chi connectivity index (χ2n) is 11.5. The molecule has 3 amide bonds. The van der Waals surface area contributed by atoms with Crippen molar-refractivity contribution in [2.45, 2.75) is 13.8 Å². The molecule has 0 atom stereocenters. The Morgan fingerprint density at radius 2 is 1.74 bits per heavy atom. The number of halogens is 1. The molecule has 46 heavy (non-hydrogen) atoms. The van der Waals surface area contributed by atoms with Gasteiger partial charge in [-0.1, -0.05) is 0 Å². The first-order chi connectivity index (χ1) is 21.9. The van der Waals surface area contributed by atoms with Crippen LogP contribution in [-0.4, -0.2) is 101 Å². The van der Waals surface area contributed by atoms with Crippen molar-refractivity contribution in [3.8, 4) is 5.75 Å². The number of fused-ring (bicyclic) bond motifs is 1. The molecule has 0 saturated heterocycles. The van der Waals surface area contributed by atoms with Gasteiger partial charge < -0.3 is 9.80 Å². The zero-order valence-electron chi connectivity index (χ0n) is 26.9. The SMILES string of the molecule is CO[C]1=CC(/C=C2\Oc3ccc(NC(=O)Nc4ccc(C(=O)N(C)CCN(C)C)cc4)cc3C2=O)=[C](c2c(C)nn(C)c2C)[In]1[F]. The summed E-state index contributed by atoms with van der Waals surface area (Å²) in [6, 6.07) is 10.9. The molecular weight excluding hydrogens is 694 g/mol. The van der Waals surface area contributed by atoms with E-state index in [0.717, 1.165) is 17.8 Å². The molecular formula is C33H36FInN6O5. The van der Waals surface area contributed by atoms with Crippen LogP contribution < -0.4 is 15.4 Å². The number of hydrogen-bond acceptors (Lipinski definition) is 7. The molecule has 0 saturated carbocycles. The van der Waals surface area contributed by atoms with E-state index in [9.17, 15) is 14.4 Å². The number of aromatic nitrogens is 2. The molecule has 1 aromatic heterocycles. The molecule has 2 N–H and O–H groups in total. The van der Waals surface area contributed by atoms with Crippen molar-refractivity contribution in [3.63, 3.8) is 0 Å². The van der Waals surface area contributed by atoms with Gasteiger partial charge in [0.25, 0.3) is 5.91 Å². The van der Waals surface area contributed by atoms with Gasteiger partial charge in [0.2, 0.25) is 0 Å². The molecule has 238 valence electrons. The Hall–Kier alpha value is -4.36. The molecule has 3 heterocycles. The van der Waals surface area contributed by atoms with Crippen molar-refractivity contribution >= 4 is 54.5 Å². The van der Waals surface area contributed by atoms with E-state index in [4.69, 9.17) is 9.47 Å². The zero-order valence-corrected chi connectivity index (χ0v) is 30.2. The molecule has 0 radical (unpaired) electrons. The standard InChI is InChI=1S/C33H36N6O5.FH.In/c1-21-27(22(2)39(6)36-21)18-23(14-17-43-7)19-30-31(40)28-20-26(12-13-29(28)44-30)35-33(42)34-25-10-8-24(9-11-25)32(41)38(5)16-15-37(3)4;;/h8-14,19-20H,15-16H2,1-7H3,(H2,34,35,42);1H;/q;;+1/p-1/b17-14?,23-18?,30-19-;;. The van der Waals surface area contributed by atoms with Crippen LogP contribution in [0.25, 0.3) is 3.33 Å². The number of likely N-dealkylation sites (N-methyl/N-ethyl adjacent to an activating group) is 2. The van der Waals surface area contributed by atoms with E-state index >= 15 is 2.66 Å². The van der Waals surface area contributed by atoms with Crippen LogP contribution in [0, 0.1) is 13.8 Å². The molecule has 13 heteroatoms. The van der Waals surface area contributed by atoms with Gasteiger partial charge in [-0.05, 0) is 38.4 Å². The summed E-state index contributed by atoms with van der Waals surface area (Å²) < 4.78 is 29.6. The molecule has 2 aliphatic heterocycles. The van der Waals surface area contributed by atoms with E-state index in [2.05, 4.69) is 15.7 Å². The summed E-state index contributed by atoms with van der Waals surface area (Å²) in [4.78, 5) is 42.5. The monoisotopic (exact) mass is 730 g/mol. The Balaban J connectivity index is 1.29. The predicted molar refractivity (Wildman–Crippen MR) is 176 cm³/mol. The van der Waals surface area contributed by atoms with Gasteiger partial charge in [0.05, 0.1) is 0 Å². The molecule has 0 bridgehead atoms. The van der Waals surface area contributed by atoms with Crippen LogP contribution in [0.1, 0.15) is 37.7 Å². The Morgan fingerprint density at radius 3 is 2.37 bits per heavy atom. The molecule has 2 aliphatic rings. The van der Waals surface area contributed by atoms with Crippen molar-refractivity contribution in [1.82, 2.24) is 19.6 Å². The summed E-state index contributed by atoms with van der Waals surface area (Å²) in [6.45, 7) is 5.07. The number of carbonyl (C=O) groups is 3. The van der Waals surface area contributed by atoms with Gasteiger partial charge in [-0.15, -0.1) is 0 Å². The van der Waals surface area contributed by atoms with Crippen molar-refractivity contribution < 1.29 is 26.5 Å². The van der Waals surface area contributed by atoms with Crippen LogP contribution in [-0.2, 0) is 11.8 Å². The van der Waals surface area contributed by atoms with Crippen LogP contribution >= 0.6 is 0 Å². The minimum atomic E-state index is -3.99. The summed E-state index contributed by atoms with van der Waals surface area (Å²) in [5, 5.41) is 9.92. The molecule has 0 spiro atoms. The number of nitrogens with zero attached hydrogens (tertiary/aromatic N) is 4. The van der Waals surface area contributed by atoms with Gasteiger partial charge in [-0.3, -0.25) is 4.79 Å². The molecule has 3 aromatic rings. The third kappa shape index (κ3) is 6.75. The van der Waals surface area contributed by atoms with Gasteiger partial charge in [-0.25, -0.2) is 0 Å². The second kappa shape index (κ2) is 13.6. The van der Waals surface area contributed by atoms with Gasteiger partial charge in [-0.2, -0.15) is 0 Å². The third-order valence-corrected chi connectivity index (χ3v) is 13.8. The summed E-state index contributed by atoms with van der Waals surface area (Å²) >= 11 is -3.99. The van der Waals surface area contributed by atoms with Crippen molar-refractivity contribution in [2.24, 2.45) is 7.05 Å². The van der Waals surface area contributed by atoms with Crippen LogP contribution in [0.15, 0.2) is 69.5 Å². The summed E-state index contributed by atoms with van der Waals surface area (Å²) in [6.07, 6.45) is 3.21.